The Balaban J connectivity index is 2.77. The van der Waals surface area contributed by atoms with Crippen LogP contribution >= 0.6 is 15.9 Å². The van der Waals surface area contributed by atoms with Gasteiger partial charge in [0.2, 0.25) is 0 Å². The molecule has 1 amide bonds. The van der Waals surface area contributed by atoms with Crippen LogP contribution < -0.4 is 10.5 Å². The smallest absolute Gasteiger partial charge is 0.252 e. The minimum Gasteiger partial charge on any atom is -0.495 e. The van der Waals surface area contributed by atoms with Gasteiger partial charge in [0.1, 0.15) is 5.75 Å². The van der Waals surface area contributed by atoms with Gasteiger partial charge in [0.25, 0.3) is 5.91 Å². The van der Waals surface area contributed by atoms with Gasteiger partial charge in [-0.2, -0.15) is 5.10 Å². The van der Waals surface area contributed by atoms with Gasteiger partial charge in [-0.05, 0) is 22.0 Å². The normalized spacial score (nSPS) is 10.5. The summed E-state index contributed by atoms with van der Waals surface area (Å²) in [5.41, 5.74) is 6.24. The molecule has 2 N–H and O–H groups in total. The van der Waals surface area contributed by atoms with Crippen LogP contribution in [-0.2, 0) is 0 Å². The molecule has 0 spiro atoms. The highest BCUT2D eigenvalue weighted by molar-refractivity contribution is 9.10. The maximum atomic E-state index is 11.1. The van der Waals surface area contributed by atoms with E-state index in [0.29, 0.717) is 21.3 Å². The van der Waals surface area contributed by atoms with Crippen LogP contribution in [0.2, 0.25) is 0 Å². The van der Waals surface area contributed by atoms with E-state index in [1.54, 1.807) is 23.9 Å². The van der Waals surface area contributed by atoms with E-state index in [-0.39, 0.29) is 0 Å². The van der Waals surface area contributed by atoms with Crippen LogP contribution in [0.5, 0.6) is 5.75 Å². The number of amides is 1. The Morgan fingerprint density at radius 2 is 2.40 bits per heavy atom. The highest BCUT2D eigenvalue weighted by Crippen LogP contribution is 2.25. The summed E-state index contributed by atoms with van der Waals surface area (Å²) in [5, 5.41) is 4.02. The fourth-order valence-electron chi connectivity index (χ4n) is 1.34. The number of halogens is 1. The summed E-state index contributed by atoms with van der Waals surface area (Å²) in [6.07, 6.45) is 3.11. The van der Waals surface area contributed by atoms with Crippen LogP contribution in [0.4, 0.5) is 0 Å². The molecule has 2 heterocycles. The Hall–Kier alpha value is -1.56. The number of pyridine rings is 1. The second-order valence-corrected chi connectivity index (χ2v) is 3.80. The van der Waals surface area contributed by atoms with E-state index in [9.17, 15) is 4.79 Å². The van der Waals surface area contributed by atoms with Crippen LogP contribution in [-0.4, -0.2) is 22.6 Å². The van der Waals surface area contributed by atoms with Crippen molar-refractivity contribution in [3.8, 4) is 5.75 Å². The molecular formula is C9H8BrN3O2. The van der Waals surface area contributed by atoms with E-state index < -0.39 is 5.91 Å². The highest BCUT2D eigenvalue weighted by Gasteiger charge is 2.13. The van der Waals surface area contributed by atoms with Crippen molar-refractivity contribution in [1.29, 1.82) is 0 Å². The fourth-order valence-corrected chi connectivity index (χ4v) is 1.96. The first-order chi connectivity index (χ1) is 7.13. The molecule has 0 saturated heterocycles. The van der Waals surface area contributed by atoms with Crippen LogP contribution in [0.3, 0.4) is 0 Å². The minimum absolute atomic E-state index is 0.379. The SMILES string of the molecule is COc1cc(Br)c2c(C(N)=O)cnn2c1. The number of methoxy groups -OCH3 is 1. The average molecular weight is 270 g/mol. The number of carbonyl (C=O) groups is 1. The number of fused-ring (bicyclic) bond motifs is 1. The van der Waals surface area contributed by atoms with Gasteiger partial charge >= 0.3 is 0 Å². The lowest BCUT2D eigenvalue weighted by Crippen LogP contribution is -2.10. The van der Waals surface area contributed by atoms with Crippen molar-refractivity contribution in [1.82, 2.24) is 9.61 Å². The Labute approximate surface area is 94.0 Å². The molecule has 0 aromatic carbocycles. The van der Waals surface area contributed by atoms with Crippen molar-refractivity contribution < 1.29 is 9.53 Å². The summed E-state index contributed by atoms with van der Waals surface area (Å²) in [6.45, 7) is 0. The Morgan fingerprint density at radius 1 is 1.67 bits per heavy atom. The fraction of sp³-hybridized carbons (Fsp3) is 0.111. The molecular weight excluding hydrogens is 262 g/mol. The van der Waals surface area contributed by atoms with Gasteiger partial charge in [-0.1, -0.05) is 0 Å². The molecule has 2 aromatic heterocycles. The lowest BCUT2D eigenvalue weighted by molar-refractivity contribution is 0.100. The Bertz CT molecular complexity index is 535. The zero-order chi connectivity index (χ0) is 11.0. The average Bonchev–Trinajstić information content (AvgIpc) is 2.61. The quantitative estimate of drug-likeness (QED) is 0.891. The number of nitrogens with zero attached hydrogens (tertiary/aromatic N) is 2. The summed E-state index contributed by atoms with van der Waals surface area (Å²) in [6, 6.07) is 1.75. The van der Waals surface area contributed by atoms with Gasteiger partial charge < -0.3 is 10.5 Å². The van der Waals surface area contributed by atoms with Crippen molar-refractivity contribution in [3.05, 3.63) is 28.5 Å². The third-order valence-corrected chi connectivity index (χ3v) is 2.65. The molecule has 0 aliphatic heterocycles. The standard InChI is InChI=1S/C9H8BrN3O2/c1-15-5-2-7(10)8-6(9(11)14)3-12-13(8)4-5/h2-4H,1H3,(H2,11,14). The third kappa shape index (κ3) is 1.56. The number of primary amides is 1. The largest absolute Gasteiger partial charge is 0.495 e. The Kier molecular flexibility index (Phi) is 2.36. The number of nitrogens with two attached hydrogens (primary N) is 1. The molecule has 5 nitrogen and oxygen atoms in total. The zero-order valence-corrected chi connectivity index (χ0v) is 9.48. The van der Waals surface area contributed by atoms with Gasteiger partial charge in [-0.15, -0.1) is 0 Å². The van der Waals surface area contributed by atoms with Gasteiger partial charge in [-0.25, -0.2) is 4.52 Å². The van der Waals surface area contributed by atoms with E-state index >= 15 is 0 Å². The lowest BCUT2D eigenvalue weighted by Gasteiger charge is -2.03. The predicted molar refractivity (Wildman–Crippen MR) is 58.0 cm³/mol. The summed E-state index contributed by atoms with van der Waals surface area (Å²) in [5.74, 6) is 0.143. The maximum absolute atomic E-state index is 11.1. The summed E-state index contributed by atoms with van der Waals surface area (Å²) in [7, 11) is 1.56. The molecule has 2 rings (SSSR count). The molecule has 0 unspecified atom stereocenters. The van der Waals surface area contributed by atoms with E-state index in [4.69, 9.17) is 10.5 Å². The molecule has 0 aliphatic carbocycles. The molecule has 0 radical (unpaired) electrons. The van der Waals surface area contributed by atoms with Gasteiger partial charge in [-0.3, -0.25) is 4.79 Å². The molecule has 15 heavy (non-hydrogen) atoms. The molecule has 2 aromatic rings. The monoisotopic (exact) mass is 269 g/mol. The molecule has 0 aliphatic rings. The molecule has 78 valence electrons. The molecule has 0 bridgehead atoms. The van der Waals surface area contributed by atoms with Crippen LogP contribution in [0.25, 0.3) is 5.52 Å². The number of ether oxygens (including phenoxy) is 1. The summed E-state index contributed by atoms with van der Waals surface area (Å²) in [4.78, 5) is 11.1. The van der Waals surface area contributed by atoms with Crippen LogP contribution in [0.15, 0.2) is 22.9 Å². The number of carbonyl (C=O) groups excluding carboxylic acids is 1. The first-order valence-corrected chi connectivity index (χ1v) is 4.93. The lowest BCUT2D eigenvalue weighted by atomic mass is 10.2. The van der Waals surface area contributed by atoms with Crippen LogP contribution in [0.1, 0.15) is 10.4 Å². The number of hydrogen-bond acceptors (Lipinski definition) is 3. The van der Waals surface area contributed by atoms with Crippen molar-refractivity contribution in [2.24, 2.45) is 5.73 Å². The second-order valence-electron chi connectivity index (χ2n) is 2.94. The number of hydrogen-bond donors (Lipinski definition) is 1. The van der Waals surface area contributed by atoms with Crippen molar-refractivity contribution in [2.75, 3.05) is 7.11 Å². The topological polar surface area (TPSA) is 69.6 Å². The number of rotatable bonds is 2. The van der Waals surface area contributed by atoms with E-state index in [2.05, 4.69) is 21.0 Å². The van der Waals surface area contributed by atoms with Gasteiger partial charge in [0, 0.05) is 4.47 Å². The summed E-state index contributed by atoms with van der Waals surface area (Å²) >= 11 is 3.34. The minimum atomic E-state index is -0.504. The second kappa shape index (κ2) is 3.54. The maximum Gasteiger partial charge on any atom is 0.252 e. The van der Waals surface area contributed by atoms with Gasteiger partial charge in [0.15, 0.2) is 0 Å². The van der Waals surface area contributed by atoms with E-state index in [0.717, 1.165) is 0 Å². The zero-order valence-electron chi connectivity index (χ0n) is 7.90. The molecule has 0 saturated carbocycles. The molecule has 6 heteroatoms. The van der Waals surface area contributed by atoms with E-state index in [1.165, 1.54) is 6.20 Å². The van der Waals surface area contributed by atoms with E-state index in [1.807, 2.05) is 0 Å². The highest BCUT2D eigenvalue weighted by atomic mass is 79.9. The Morgan fingerprint density at radius 3 is 3.00 bits per heavy atom. The summed E-state index contributed by atoms with van der Waals surface area (Å²) < 4.78 is 7.33. The van der Waals surface area contributed by atoms with Crippen LogP contribution in [0, 0.1) is 0 Å². The van der Waals surface area contributed by atoms with Crippen molar-refractivity contribution in [2.45, 2.75) is 0 Å². The third-order valence-electron chi connectivity index (χ3n) is 2.04. The predicted octanol–water partition coefficient (Wildman–Crippen LogP) is 1.20. The molecule has 0 atom stereocenters. The number of aromatic nitrogens is 2. The molecule has 0 fully saturated rings. The first kappa shape index (κ1) is 9.97. The van der Waals surface area contributed by atoms with Gasteiger partial charge in [0.05, 0.1) is 30.6 Å². The first-order valence-electron chi connectivity index (χ1n) is 4.14. The van der Waals surface area contributed by atoms with Crippen molar-refractivity contribution in [3.63, 3.8) is 0 Å². The van der Waals surface area contributed by atoms with Crippen molar-refractivity contribution >= 4 is 27.4 Å².